The minimum Gasteiger partial charge on any atom is -0.308 e. The van der Waals surface area contributed by atoms with E-state index < -0.39 is 0 Å². The summed E-state index contributed by atoms with van der Waals surface area (Å²) in [6.07, 6.45) is 1.76. The van der Waals surface area contributed by atoms with Crippen LogP contribution in [0.4, 0.5) is 5.82 Å². The number of benzene rings is 1. The Balaban J connectivity index is 1.96. The van der Waals surface area contributed by atoms with E-state index in [4.69, 9.17) is 5.84 Å². The topological polar surface area (TPSA) is 54.2 Å². The van der Waals surface area contributed by atoms with E-state index in [1.165, 1.54) is 11.1 Å². The van der Waals surface area contributed by atoms with Gasteiger partial charge in [-0.1, -0.05) is 30.3 Å². The molecular weight excluding hydrogens is 224 g/mol. The van der Waals surface area contributed by atoms with Crippen molar-refractivity contribution in [2.45, 2.75) is 13.1 Å². The second-order valence-electron chi connectivity index (χ2n) is 4.35. The van der Waals surface area contributed by atoms with Gasteiger partial charge in [0.15, 0.2) is 0 Å². The molecule has 0 spiro atoms. The molecule has 1 aromatic heterocycles. The van der Waals surface area contributed by atoms with E-state index in [1.54, 1.807) is 6.20 Å². The summed E-state index contributed by atoms with van der Waals surface area (Å²) in [4.78, 5) is 6.35. The molecule has 0 atom stereocenters. The van der Waals surface area contributed by atoms with Crippen LogP contribution < -0.4 is 11.3 Å². The third-order valence-electron chi connectivity index (χ3n) is 2.72. The van der Waals surface area contributed by atoms with Crippen LogP contribution in [0.15, 0.2) is 48.7 Å². The molecule has 0 saturated heterocycles. The number of hydrogen-bond acceptors (Lipinski definition) is 4. The average molecular weight is 242 g/mol. The Morgan fingerprint density at radius 1 is 1.11 bits per heavy atom. The van der Waals surface area contributed by atoms with E-state index in [0.717, 1.165) is 13.1 Å². The van der Waals surface area contributed by atoms with Crippen LogP contribution in [0, 0.1) is 0 Å². The Hall–Kier alpha value is -1.91. The number of pyridine rings is 1. The maximum Gasteiger partial charge on any atom is 0.140 e. The number of nitrogens with one attached hydrogen (secondary N) is 1. The zero-order valence-corrected chi connectivity index (χ0v) is 10.5. The Kier molecular flexibility index (Phi) is 4.28. The molecule has 4 nitrogen and oxygen atoms in total. The van der Waals surface area contributed by atoms with Gasteiger partial charge in [0.2, 0.25) is 0 Å². The van der Waals surface area contributed by atoms with E-state index in [2.05, 4.69) is 46.6 Å². The van der Waals surface area contributed by atoms with Crippen molar-refractivity contribution < 1.29 is 0 Å². The third-order valence-corrected chi connectivity index (χ3v) is 2.72. The molecule has 0 bridgehead atoms. The molecule has 0 amide bonds. The number of hydrazine groups is 1. The molecule has 18 heavy (non-hydrogen) atoms. The van der Waals surface area contributed by atoms with Gasteiger partial charge in [0, 0.05) is 19.3 Å². The monoisotopic (exact) mass is 242 g/mol. The average Bonchev–Trinajstić information content (AvgIpc) is 2.40. The van der Waals surface area contributed by atoms with Crippen LogP contribution in [0.3, 0.4) is 0 Å². The van der Waals surface area contributed by atoms with Crippen LogP contribution in [0.25, 0.3) is 0 Å². The predicted octanol–water partition coefficient (Wildman–Crippen LogP) is 2.00. The number of nitrogens with zero attached hydrogens (tertiary/aromatic N) is 2. The molecule has 94 valence electrons. The van der Waals surface area contributed by atoms with Gasteiger partial charge in [0.25, 0.3) is 0 Å². The first kappa shape index (κ1) is 12.5. The molecule has 0 unspecified atom stereocenters. The summed E-state index contributed by atoms with van der Waals surface area (Å²) >= 11 is 0. The summed E-state index contributed by atoms with van der Waals surface area (Å²) in [7, 11) is 2.10. The highest BCUT2D eigenvalue weighted by molar-refractivity contribution is 5.35. The number of anilines is 1. The fraction of sp³-hybridized carbons (Fsp3) is 0.214. The highest BCUT2D eigenvalue weighted by Crippen LogP contribution is 2.10. The zero-order chi connectivity index (χ0) is 12.8. The first-order valence-electron chi connectivity index (χ1n) is 5.92. The highest BCUT2D eigenvalue weighted by Gasteiger charge is 2.02. The van der Waals surface area contributed by atoms with Crippen molar-refractivity contribution >= 4 is 5.82 Å². The van der Waals surface area contributed by atoms with Gasteiger partial charge in [-0.25, -0.2) is 10.8 Å². The van der Waals surface area contributed by atoms with Gasteiger partial charge in [0.1, 0.15) is 5.82 Å². The van der Waals surface area contributed by atoms with Crippen molar-refractivity contribution in [2.75, 3.05) is 12.5 Å². The van der Waals surface area contributed by atoms with Crippen molar-refractivity contribution in [3.05, 3.63) is 59.8 Å². The highest BCUT2D eigenvalue weighted by atomic mass is 15.2. The molecule has 2 aromatic rings. The zero-order valence-electron chi connectivity index (χ0n) is 10.5. The summed E-state index contributed by atoms with van der Waals surface area (Å²) in [5.74, 6) is 6.04. The van der Waals surface area contributed by atoms with Crippen molar-refractivity contribution in [2.24, 2.45) is 5.84 Å². The van der Waals surface area contributed by atoms with Crippen LogP contribution in [0.1, 0.15) is 11.1 Å². The summed E-state index contributed by atoms with van der Waals surface area (Å²) in [5.41, 5.74) is 5.06. The lowest BCUT2D eigenvalue weighted by Crippen LogP contribution is -2.17. The van der Waals surface area contributed by atoms with Crippen LogP contribution in [0.2, 0.25) is 0 Å². The first-order valence-corrected chi connectivity index (χ1v) is 5.92. The number of hydrogen-bond donors (Lipinski definition) is 2. The summed E-state index contributed by atoms with van der Waals surface area (Å²) in [5, 5.41) is 0. The Labute approximate surface area is 107 Å². The van der Waals surface area contributed by atoms with Crippen molar-refractivity contribution in [3.63, 3.8) is 0 Å². The van der Waals surface area contributed by atoms with Crippen LogP contribution in [0.5, 0.6) is 0 Å². The third kappa shape index (κ3) is 3.55. The molecule has 2 rings (SSSR count). The molecule has 0 aliphatic carbocycles. The summed E-state index contributed by atoms with van der Waals surface area (Å²) < 4.78 is 0. The van der Waals surface area contributed by atoms with E-state index >= 15 is 0 Å². The molecule has 0 aliphatic rings. The van der Waals surface area contributed by atoms with E-state index in [-0.39, 0.29) is 0 Å². The molecule has 0 saturated carbocycles. The van der Waals surface area contributed by atoms with Gasteiger partial charge in [-0.15, -0.1) is 0 Å². The smallest absolute Gasteiger partial charge is 0.140 e. The molecule has 1 heterocycles. The molecular formula is C14H18N4. The minimum atomic E-state index is 0.695. The molecule has 1 aromatic carbocycles. The van der Waals surface area contributed by atoms with Gasteiger partial charge >= 0.3 is 0 Å². The predicted molar refractivity (Wildman–Crippen MR) is 73.7 cm³/mol. The maximum atomic E-state index is 5.35. The van der Waals surface area contributed by atoms with Crippen LogP contribution >= 0.6 is 0 Å². The fourth-order valence-corrected chi connectivity index (χ4v) is 1.91. The van der Waals surface area contributed by atoms with E-state index in [9.17, 15) is 0 Å². The maximum absolute atomic E-state index is 5.35. The standard InChI is InChI=1S/C14H18N4/c1-18(10-12-5-3-2-4-6-12)11-13-7-8-16-14(9-13)17-15/h2-9H,10-11,15H2,1H3,(H,16,17). The van der Waals surface area contributed by atoms with E-state index in [1.807, 2.05) is 18.2 Å². The van der Waals surface area contributed by atoms with Crippen molar-refractivity contribution in [1.29, 1.82) is 0 Å². The summed E-state index contributed by atoms with van der Waals surface area (Å²) in [6, 6.07) is 14.4. The van der Waals surface area contributed by atoms with E-state index in [0.29, 0.717) is 5.82 Å². The molecule has 0 aliphatic heterocycles. The lowest BCUT2D eigenvalue weighted by Gasteiger charge is -2.17. The number of aromatic nitrogens is 1. The van der Waals surface area contributed by atoms with Crippen molar-refractivity contribution in [3.8, 4) is 0 Å². The van der Waals surface area contributed by atoms with Crippen molar-refractivity contribution in [1.82, 2.24) is 9.88 Å². The van der Waals surface area contributed by atoms with Crippen LogP contribution in [-0.2, 0) is 13.1 Å². The second kappa shape index (κ2) is 6.14. The molecule has 4 heteroatoms. The SMILES string of the molecule is CN(Cc1ccccc1)Cc1ccnc(NN)c1. The lowest BCUT2D eigenvalue weighted by molar-refractivity contribution is 0.319. The number of nitrogens with two attached hydrogens (primary N) is 1. The first-order chi connectivity index (χ1) is 8.78. The Morgan fingerprint density at radius 2 is 1.83 bits per heavy atom. The van der Waals surface area contributed by atoms with Gasteiger partial charge in [-0.3, -0.25) is 4.90 Å². The van der Waals surface area contributed by atoms with Gasteiger partial charge in [-0.2, -0.15) is 0 Å². The Morgan fingerprint density at radius 3 is 2.56 bits per heavy atom. The van der Waals surface area contributed by atoms with Gasteiger partial charge in [-0.05, 0) is 30.3 Å². The lowest BCUT2D eigenvalue weighted by atomic mass is 10.2. The normalized spacial score (nSPS) is 10.6. The second-order valence-corrected chi connectivity index (χ2v) is 4.35. The number of rotatable bonds is 5. The van der Waals surface area contributed by atoms with Crippen LogP contribution in [-0.4, -0.2) is 16.9 Å². The summed E-state index contributed by atoms with van der Waals surface area (Å²) in [6.45, 7) is 1.79. The number of nitrogen functional groups attached to an aromatic ring is 1. The quantitative estimate of drug-likeness (QED) is 0.622. The Bertz CT molecular complexity index is 484. The van der Waals surface area contributed by atoms with Gasteiger partial charge in [0.05, 0.1) is 0 Å². The minimum absolute atomic E-state index is 0.695. The molecule has 0 fully saturated rings. The molecule has 3 N–H and O–H groups in total. The van der Waals surface area contributed by atoms with Gasteiger partial charge < -0.3 is 5.43 Å². The largest absolute Gasteiger partial charge is 0.308 e. The fourth-order valence-electron chi connectivity index (χ4n) is 1.91. The molecule has 0 radical (unpaired) electrons.